The van der Waals surface area contributed by atoms with Crippen molar-refractivity contribution in [1.29, 1.82) is 0 Å². The van der Waals surface area contributed by atoms with Gasteiger partial charge in [-0.2, -0.15) is 0 Å². The summed E-state index contributed by atoms with van der Waals surface area (Å²) in [5.74, 6) is 0.933. The van der Waals surface area contributed by atoms with E-state index in [4.69, 9.17) is 10.7 Å². The van der Waals surface area contributed by atoms with Gasteiger partial charge in [-0.3, -0.25) is 0 Å². The van der Waals surface area contributed by atoms with Crippen molar-refractivity contribution in [3.05, 3.63) is 71.3 Å². The summed E-state index contributed by atoms with van der Waals surface area (Å²) in [6, 6.07) is 18.8. The Labute approximate surface area is 129 Å². The topological polar surface area (TPSA) is 38.9 Å². The van der Waals surface area contributed by atoms with Gasteiger partial charge >= 0.3 is 0 Å². The molecule has 1 heterocycles. The van der Waals surface area contributed by atoms with Crippen LogP contribution in [0.25, 0.3) is 10.9 Å². The number of hydrogen-bond acceptors (Lipinski definition) is 3. The summed E-state index contributed by atoms with van der Waals surface area (Å²) >= 11 is 1.77. The average molecular weight is 294 g/mol. The molecule has 0 fully saturated rings. The molecule has 2 N–H and O–H groups in total. The molecular formula is C18H18N2S. The summed E-state index contributed by atoms with van der Waals surface area (Å²) in [6.45, 7) is 2.69. The first kappa shape index (κ1) is 14.1. The van der Waals surface area contributed by atoms with Crippen molar-refractivity contribution in [2.24, 2.45) is 5.73 Å². The summed E-state index contributed by atoms with van der Waals surface area (Å²) in [7, 11) is 0. The van der Waals surface area contributed by atoms with Gasteiger partial charge in [-0.25, -0.2) is 4.98 Å². The fraction of sp³-hybridized carbons (Fsp3) is 0.167. The SMILES string of the molecule is Cc1ccccc1CSc1cc(CN)c2ccccc2n1. The Bertz CT molecular complexity index is 768. The highest BCUT2D eigenvalue weighted by Crippen LogP contribution is 2.27. The number of rotatable bonds is 4. The fourth-order valence-electron chi connectivity index (χ4n) is 2.39. The van der Waals surface area contributed by atoms with Gasteiger partial charge in [-0.1, -0.05) is 42.5 Å². The lowest BCUT2D eigenvalue weighted by Crippen LogP contribution is -1.99. The second-order valence-electron chi connectivity index (χ2n) is 5.06. The molecule has 0 aliphatic heterocycles. The van der Waals surface area contributed by atoms with Crippen LogP contribution in [-0.4, -0.2) is 4.98 Å². The number of aryl methyl sites for hydroxylation is 1. The van der Waals surface area contributed by atoms with Crippen LogP contribution < -0.4 is 5.73 Å². The lowest BCUT2D eigenvalue weighted by atomic mass is 10.1. The van der Waals surface area contributed by atoms with E-state index in [1.165, 1.54) is 11.1 Å². The highest BCUT2D eigenvalue weighted by molar-refractivity contribution is 7.98. The summed E-state index contributed by atoms with van der Waals surface area (Å²) < 4.78 is 0. The highest BCUT2D eigenvalue weighted by atomic mass is 32.2. The van der Waals surface area contributed by atoms with E-state index in [0.717, 1.165) is 27.2 Å². The Balaban J connectivity index is 1.89. The quantitative estimate of drug-likeness (QED) is 0.729. The molecule has 0 aliphatic rings. The largest absolute Gasteiger partial charge is 0.326 e. The summed E-state index contributed by atoms with van der Waals surface area (Å²) in [6.07, 6.45) is 0. The van der Waals surface area contributed by atoms with E-state index in [0.29, 0.717) is 6.54 Å². The van der Waals surface area contributed by atoms with Gasteiger partial charge in [0.15, 0.2) is 0 Å². The first-order valence-corrected chi connectivity index (χ1v) is 8.02. The van der Waals surface area contributed by atoms with Gasteiger partial charge in [-0.15, -0.1) is 11.8 Å². The molecule has 0 amide bonds. The number of fused-ring (bicyclic) bond motifs is 1. The van der Waals surface area contributed by atoms with E-state index in [-0.39, 0.29) is 0 Å². The van der Waals surface area contributed by atoms with Crippen molar-refractivity contribution in [3.8, 4) is 0 Å². The Hall–Kier alpha value is -1.84. The van der Waals surface area contributed by atoms with E-state index >= 15 is 0 Å². The second kappa shape index (κ2) is 6.29. The summed E-state index contributed by atoms with van der Waals surface area (Å²) in [5.41, 5.74) is 10.7. The maximum atomic E-state index is 5.88. The summed E-state index contributed by atoms with van der Waals surface area (Å²) in [5, 5.41) is 2.19. The van der Waals surface area contributed by atoms with Crippen molar-refractivity contribution in [3.63, 3.8) is 0 Å². The monoisotopic (exact) mass is 294 g/mol. The van der Waals surface area contributed by atoms with Crippen LogP contribution in [0.15, 0.2) is 59.6 Å². The third-order valence-electron chi connectivity index (χ3n) is 3.64. The minimum absolute atomic E-state index is 0.543. The van der Waals surface area contributed by atoms with E-state index in [2.05, 4.69) is 43.3 Å². The molecule has 0 saturated carbocycles. The number of nitrogens with zero attached hydrogens (tertiary/aromatic N) is 1. The van der Waals surface area contributed by atoms with Crippen LogP contribution in [0.4, 0.5) is 0 Å². The number of aromatic nitrogens is 1. The Morgan fingerprint density at radius 1 is 1.00 bits per heavy atom. The minimum Gasteiger partial charge on any atom is -0.326 e. The van der Waals surface area contributed by atoms with Crippen LogP contribution in [-0.2, 0) is 12.3 Å². The number of thioether (sulfide) groups is 1. The van der Waals surface area contributed by atoms with Gasteiger partial charge in [0.25, 0.3) is 0 Å². The van der Waals surface area contributed by atoms with Gasteiger partial charge in [0.05, 0.1) is 10.5 Å². The van der Waals surface area contributed by atoms with Gasteiger partial charge in [0.2, 0.25) is 0 Å². The zero-order valence-corrected chi connectivity index (χ0v) is 12.9. The number of nitrogens with two attached hydrogens (primary N) is 1. The molecule has 0 unspecified atom stereocenters. The molecular weight excluding hydrogens is 276 g/mol. The van der Waals surface area contributed by atoms with Crippen molar-refractivity contribution in [2.45, 2.75) is 24.2 Å². The maximum absolute atomic E-state index is 5.88. The molecule has 2 nitrogen and oxygen atoms in total. The molecule has 2 aromatic carbocycles. The molecule has 0 saturated heterocycles. The van der Waals surface area contributed by atoms with Gasteiger partial charge in [0, 0.05) is 17.7 Å². The number of benzene rings is 2. The zero-order valence-electron chi connectivity index (χ0n) is 12.0. The van der Waals surface area contributed by atoms with E-state index in [9.17, 15) is 0 Å². The zero-order chi connectivity index (χ0) is 14.7. The lowest BCUT2D eigenvalue weighted by molar-refractivity contribution is 1.05. The van der Waals surface area contributed by atoms with Crippen LogP contribution in [0.5, 0.6) is 0 Å². The molecule has 21 heavy (non-hydrogen) atoms. The Kier molecular flexibility index (Phi) is 4.23. The fourth-order valence-corrected chi connectivity index (χ4v) is 3.40. The van der Waals surface area contributed by atoms with Crippen LogP contribution >= 0.6 is 11.8 Å². The first-order chi connectivity index (χ1) is 10.3. The molecule has 0 aliphatic carbocycles. The van der Waals surface area contributed by atoms with Gasteiger partial charge in [-0.05, 0) is 35.7 Å². The highest BCUT2D eigenvalue weighted by Gasteiger charge is 2.06. The molecule has 0 spiro atoms. The molecule has 0 atom stereocenters. The molecule has 1 aromatic heterocycles. The van der Waals surface area contributed by atoms with Crippen LogP contribution in [0.1, 0.15) is 16.7 Å². The van der Waals surface area contributed by atoms with Gasteiger partial charge in [0.1, 0.15) is 0 Å². The smallest absolute Gasteiger partial charge is 0.0974 e. The standard InChI is InChI=1S/C18H18N2S/c1-13-6-2-3-7-14(13)12-21-18-10-15(11-19)16-8-4-5-9-17(16)20-18/h2-10H,11-12,19H2,1H3. The molecule has 3 aromatic rings. The van der Waals surface area contributed by atoms with Crippen molar-refractivity contribution < 1.29 is 0 Å². The van der Waals surface area contributed by atoms with Crippen molar-refractivity contribution in [2.75, 3.05) is 0 Å². The Morgan fingerprint density at radius 3 is 2.57 bits per heavy atom. The maximum Gasteiger partial charge on any atom is 0.0974 e. The number of hydrogen-bond donors (Lipinski definition) is 1. The predicted octanol–water partition coefficient (Wildman–Crippen LogP) is 4.29. The van der Waals surface area contributed by atoms with Crippen LogP contribution in [0.3, 0.4) is 0 Å². The molecule has 3 heteroatoms. The normalized spacial score (nSPS) is 11.0. The number of para-hydroxylation sites is 1. The minimum atomic E-state index is 0.543. The third-order valence-corrected chi connectivity index (χ3v) is 4.60. The molecule has 3 rings (SSSR count). The van der Waals surface area contributed by atoms with E-state index in [1.807, 2.05) is 18.2 Å². The van der Waals surface area contributed by atoms with Crippen LogP contribution in [0, 0.1) is 6.92 Å². The number of pyridine rings is 1. The average Bonchev–Trinajstić information content (AvgIpc) is 2.53. The lowest BCUT2D eigenvalue weighted by Gasteiger charge is -2.09. The molecule has 0 bridgehead atoms. The third kappa shape index (κ3) is 3.09. The first-order valence-electron chi connectivity index (χ1n) is 7.04. The predicted molar refractivity (Wildman–Crippen MR) is 90.4 cm³/mol. The second-order valence-corrected chi connectivity index (χ2v) is 6.05. The molecule has 0 radical (unpaired) electrons. The van der Waals surface area contributed by atoms with Crippen LogP contribution in [0.2, 0.25) is 0 Å². The van der Waals surface area contributed by atoms with E-state index in [1.54, 1.807) is 11.8 Å². The van der Waals surface area contributed by atoms with Crippen molar-refractivity contribution in [1.82, 2.24) is 4.98 Å². The molecule has 106 valence electrons. The summed E-state index contributed by atoms with van der Waals surface area (Å²) in [4.78, 5) is 4.74. The van der Waals surface area contributed by atoms with E-state index < -0.39 is 0 Å². The Morgan fingerprint density at radius 2 is 1.76 bits per heavy atom. The van der Waals surface area contributed by atoms with Gasteiger partial charge < -0.3 is 5.73 Å². The van der Waals surface area contributed by atoms with Crippen molar-refractivity contribution >= 4 is 22.7 Å².